The minimum Gasteiger partial charge on any atom is -0.368 e. The smallest absolute Gasteiger partial charge is 0.151 e. The third kappa shape index (κ3) is 15.3. The van der Waals surface area contributed by atoms with Crippen molar-refractivity contribution in [3.63, 3.8) is 0 Å². The van der Waals surface area contributed by atoms with Crippen LogP contribution in [0.25, 0.3) is 0 Å². The third-order valence-electron chi connectivity index (χ3n) is 6.88. The van der Waals surface area contributed by atoms with Crippen LogP contribution in [0.15, 0.2) is 170 Å². The molecule has 0 saturated carbocycles. The molecule has 6 aromatic rings. The molecule has 0 unspecified atom stereocenters. The van der Waals surface area contributed by atoms with Crippen molar-refractivity contribution in [2.75, 3.05) is 0 Å². The molecule has 0 amide bonds. The van der Waals surface area contributed by atoms with E-state index in [-0.39, 0.29) is 36.5 Å². The topological polar surface area (TPSA) is 80.9 Å². The summed E-state index contributed by atoms with van der Waals surface area (Å²) in [6.07, 6.45) is -1.40. The molecule has 0 aliphatic rings. The van der Waals surface area contributed by atoms with Gasteiger partial charge in [-0.25, -0.2) is 24.3 Å². The number of hydrogen-bond acceptors (Lipinski definition) is 4. The second-order valence-corrected chi connectivity index (χ2v) is 15.3. The molecule has 6 aromatic carbocycles. The van der Waals surface area contributed by atoms with Gasteiger partial charge in [-0.2, -0.15) is 0 Å². The summed E-state index contributed by atoms with van der Waals surface area (Å²) in [5, 5.41) is 40.4. The zero-order chi connectivity index (χ0) is 33.0. The van der Waals surface area contributed by atoms with Crippen LogP contribution in [0.1, 0.15) is 26.7 Å². The van der Waals surface area contributed by atoms with E-state index in [0.717, 1.165) is 0 Å². The second-order valence-electron chi connectivity index (χ2n) is 10.3. The average Bonchev–Trinajstić information content (AvgIpc) is 3.84. The molecule has 0 spiro atoms. The molecule has 256 valence electrons. The van der Waals surface area contributed by atoms with E-state index in [4.69, 9.17) is 20.4 Å². The summed E-state index contributed by atoms with van der Waals surface area (Å²) in [6, 6.07) is 60.8. The zero-order valence-electron chi connectivity index (χ0n) is 27.2. The van der Waals surface area contributed by atoms with Crippen LogP contribution in [0, 0.1) is 0 Å². The molecular weight excluding hydrogens is 763 g/mol. The molecule has 4 nitrogen and oxygen atoms in total. The maximum Gasteiger partial charge on any atom is 0.151 e. The SMILES string of the molecule is CCC(O)O.CCC(O)O.[Fe].[Ru].c1ccc([PH+](c2ccccc2)[c-]2cccc2)cc1.c1ccc([PH+](c2ccccc2)[c-]2cccc2)cc1. The first-order chi connectivity index (χ1) is 22.4. The van der Waals surface area contributed by atoms with Gasteiger partial charge in [0.25, 0.3) is 0 Å². The molecule has 0 aromatic heterocycles. The first-order valence-electron chi connectivity index (χ1n) is 15.6. The van der Waals surface area contributed by atoms with Crippen molar-refractivity contribution in [1.82, 2.24) is 0 Å². The maximum absolute atomic E-state index is 7.92. The van der Waals surface area contributed by atoms with Gasteiger partial charge in [-0.3, -0.25) is 0 Å². The van der Waals surface area contributed by atoms with Crippen molar-refractivity contribution in [3.05, 3.63) is 170 Å². The van der Waals surface area contributed by atoms with Crippen molar-refractivity contribution in [1.29, 1.82) is 0 Å². The fraction of sp³-hybridized carbons (Fsp3) is 0.150. The molecule has 0 bridgehead atoms. The van der Waals surface area contributed by atoms with E-state index in [9.17, 15) is 0 Å². The molecule has 0 fully saturated rings. The molecule has 4 N–H and O–H groups in total. The Morgan fingerprint density at radius 3 is 0.771 bits per heavy atom. The number of aliphatic hydroxyl groups is 4. The Balaban J connectivity index is 0.000000365. The van der Waals surface area contributed by atoms with E-state index < -0.39 is 28.4 Å². The minimum atomic E-state index is -1.12. The van der Waals surface area contributed by atoms with Gasteiger partial charge in [-0.05, 0) is 72.0 Å². The van der Waals surface area contributed by atoms with Crippen molar-refractivity contribution in [2.24, 2.45) is 0 Å². The summed E-state index contributed by atoms with van der Waals surface area (Å²) >= 11 is 0. The van der Waals surface area contributed by atoms with E-state index in [2.05, 4.69) is 170 Å². The second kappa shape index (κ2) is 25.4. The van der Waals surface area contributed by atoms with Crippen LogP contribution >= 0.6 is 15.8 Å². The Hall–Kier alpha value is -2.58. The molecule has 6 rings (SSSR count). The Bertz CT molecular complexity index is 1350. The number of aliphatic hydroxyl groups excluding tert-OH is 2. The van der Waals surface area contributed by atoms with Crippen LogP contribution in [-0.4, -0.2) is 33.0 Å². The first kappa shape index (κ1) is 43.4. The van der Waals surface area contributed by atoms with Gasteiger partial charge in [0.05, 0.1) is 21.2 Å². The standard InChI is InChI=1S/2C17H15P.2C3H8O2.Fe.Ru/c2*1-3-9-15(10-4-1)18(17-13-7-8-14-17)16-11-5-2-6-12-16;2*1-2-3(4)5;;/h2*1-14,18H;2*3-5H,2H2,1H3;;. The Morgan fingerprint density at radius 2 is 0.604 bits per heavy atom. The summed E-state index contributed by atoms with van der Waals surface area (Å²) in [7, 11) is -1.67. The molecule has 0 radical (unpaired) electrons. The normalized spacial score (nSPS) is 10.0. The minimum absolute atomic E-state index is 0. The van der Waals surface area contributed by atoms with E-state index in [0.29, 0.717) is 12.8 Å². The van der Waals surface area contributed by atoms with Gasteiger partial charge in [0.15, 0.2) is 12.6 Å². The molecule has 48 heavy (non-hydrogen) atoms. The molecule has 0 atom stereocenters. The van der Waals surface area contributed by atoms with Crippen LogP contribution in [0.3, 0.4) is 0 Å². The largest absolute Gasteiger partial charge is 0.368 e. The number of rotatable bonds is 8. The van der Waals surface area contributed by atoms with E-state index >= 15 is 0 Å². The molecule has 0 aliphatic heterocycles. The van der Waals surface area contributed by atoms with Gasteiger partial charge in [-0.1, -0.05) is 86.6 Å². The van der Waals surface area contributed by atoms with Gasteiger partial charge in [0, 0.05) is 52.4 Å². The Labute approximate surface area is 312 Å². The quantitative estimate of drug-likeness (QED) is 0.0739. The van der Waals surface area contributed by atoms with Gasteiger partial charge in [0.1, 0.15) is 0 Å². The summed E-state index contributed by atoms with van der Waals surface area (Å²) in [4.78, 5) is 0. The van der Waals surface area contributed by atoms with Crippen LogP contribution < -0.4 is 31.8 Å². The summed E-state index contributed by atoms with van der Waals surface area (Å²) in [5.74, 6) is 0. The average molecular weight is 810 g/mol. The van der Waals surface area contributed by atoms with E-state index in [1.807, 2.05) is 0 Å². The Kier molecular flexibility index (Phi) is 23.0. The van der Waals surface area contributed by atoms with E-state index in [1.54, 1.807) is 13.8 Å². The molecule has 0 saturated heterocycles. The van der Waals surface area contributed by atoms with Crippen LogP contribution in [-0.2, 0) is 36.5 Å². The van der Waals surface area contributed by atoms with Gasteiger partial charge < -0.3 is 20.4 Å². The molecule has 0 aliphatic carbocycles. The summed E-state index contributed by atoms with van der Waals surface area (Å²) < 4.78 is 0. The van der Waals surface area contributed by atoms with Gasteiger partial charge >= 0.3 is 0 Å². The van der Waals surface area contributed by atoms with Crippen molar-refractivity contribution < 1.29 is 57.0 Å². The zero-order valence-corrected chi connectivity index (χ0v) is 32.1. The Morgan fingerprint density at radius 1 is 0.417 bits per heavy atom. The monoisotopic (exact) mass is 810 g/mol. The van der Waals surface area contributed by atoms with E-state index in [1.165, 1.54) is 31.8 Å². The maximum atomic E-state index is 7.92. The fourth-order valence-corrected chi connectivity index (χ4v) is 9.66. The first-order valence-corrected chi connectivity index (χ1v) is 18.6. The molecule has 8 heteroatoms. The van der Waals surface area contributed by atoms with Crippen LogP contribution in [0.2, 0.25) is 0 Å². The number of hydrogen-bond donors (Lipinski definition) is 4. The fourth-order valence-electron chi connectivity index (χ4n) is 4.50. The van der Waals surface area contributed by atoms with Gasteiger partial charge in [-0.15, -0.1) is 24.3 Å². The van der Waals surface area contributed by atoms with Crippen LogP contribution in [0.4, 0.5) is 0 Å². The number of benzene rings is 4. The molecular formula is C40H46FeO4P2Ru. The van der Waals surface area contributed by atoms with Crippen molar-refractivity contribution in [2.45, 2.75) is 39.3 Å². The molecule has 0 heterocycles. The van der Waals surface area contributed by atoms with Crippen LogP contribution in [0.5, 0.6) is 0 Å². The van der Waals surface area contributed by atoms with Crippen molar-refractivity contribution >= 4 is 47.7 Å². The predicted molar refractivity (Wildman–Crippen MR) is 201 cm³/mol. The van der Waals surface area contributed by atoms with Crippen molar-refractivity contribution in [3.8, 4) is 0 Å². The summed E-state index contributed by atoms with van der Waals surface area (Å²) in [6.45, 7) is 3.40. The predicted octanol–water partition coefficient (Wildman–Crippen LogP) is 5.20. The third-order valence-corrected chi connectivity index (χ3v) is 12.3. The van der Waals surface area contributed by atoms with Gasteiger partial charge in [0.2, 0.25) is 0 Å². The summed E-state index contributed by atoms with van der Waals surface area (Å²) in [5.41, 5.74) is 0.